The highest BCUT2D eigenvalue weighted by atomic mass is 16.1. The number of carbonyl (C=O) groups is 1. The molecule has 1 rings (SSSR count). The molecule has 0 aliphatic rings. The summed E-state index contributed by atoms with van der Waals surface area (Å²) in [5.74, 6) is -0.157. The number of rotatable bonds is 0. The second-order valence-electron chi connectivity index (χ2n) is 1.38. The maximum absolute atomic E-state index is 9.22. The predicted molar refractivity (Wildman–Crippen MR) is 33.5 cm³/mol. The number of amides is 1. The third kappa shape index (κ3) is 6.34. The lowest BCUT2D eigenvalue weighted by Crippen LogP contribution is -2.01. The molecule has 0 aromatic carbocycles. The standard InChI is InChI=1S/C2H5NO.CH3N5/c1-2(3)4;2-1-3-5-6-4-1/h1H3,(H2,3,4);(H3,2,3,4,5,6). The van der Waals surface area contributed by atoms with Crippen LogP contribution in [0.5, 0.6) is 0 Å². The Balaban J connectivity index is 0.000000180. The van der Waals surface area contributed by atoms with Crippen molar-refractivity contribution in [3.8, 4) is 0 Å². The van der Waals surface area contributed by atoms with Crippen LogP contribution in [0.4, 0.5) is 5.95 Å². The van der Waals surface area contributed by atoms with Gasteiger partial charge in [-0.15, -0.1) is 5.10 Å². The van der Waals surface area contributed by atoms with Gasteiger partial charge in [-0.2, -0.15) is 5.21 Å². The molecule has 1 aromatic rings. The van der Waals surface area contributed by atoms with Crippen molar-refractivity contribution >= 4 is 11.9 Å². The summed E-state index contributed by atoms with van der Waals surface area (Å²) in [4.78, 5) is 9.22. The van der Waals surface area contributed by atoms with Gasteiger partial charge in [-0.25, -0.2) is 0 Å². The zero-order chi connectivity index (χ0) is 7.98. The lowest BCUT2D eigenvalue weighted by Gasteiger charge is -1.62. The van der Waals surface area contributed by atoms with Crippen LogP contribution in [-0.4, -0.2) is 26.5 Å². The summed E-state index contributed by atoms with van der Waals surface area (Å²) in [5.41, 5.74) is 9.43. The monoisotopic (exact) mass is 144 g/mol. The smallest absolute Gasteiger partial charge is 0.260 e. The minimum Gasteiger partial charge on any atom is -0.370 e. The molecule has 0 aliphatic carbocycles. The molecule has 7 nitrogen and oxygen atoms in total. The molecule has 10 heavy (non-hydrogen) atoms. The number of tetrazole rings is 1. The van der Waals surface area contributed by atoms with E-state index in [0.29, 0.717) is 0 Å². The number of hydrogen-bond acceptors (Lipinski definition) is 5. The van der Waals surface area contributed by atoms with Gasteiger partial charge in [0.25, 0.3) is 5.95 Å². The number of nitrogens with zero attached hydrogens (tertiary/aromatic N) is 3. The Morgan fingerprint density at radius 3 is 2.30 bits per heavy atom. The number of anilines is 1. The van der Waals surface area contributed by atoms with E-state index in [2.05, 4.69) is 26.4 Å². The zero-order valence-corrected chi connectivity index (χ0v) is 5.40. The molecule has 1 amide bonds. The predicted octanol–water partition coefficient (Wildman–Crippen LogP) is -1.73. The van der Waals surface area contributed by atoms with Crippen molar-refractivity contribution in [1.29, 1.82) is 0 Å². The van der Waals surface area contributed by atoms with Crippen molar-refractivity contribution in [2.45, 2.75) is 6.92 Å². The zero-order valence-electron chi connectivity index (χ0n) is 5.40. The van der Waals surface area contributed by atoms with Gasteiger partial charge in [0, 0.05) is 6.92 Å². The summed E-state index contributed by atoms with van der Waals surface area (Å²) in [6, 6.07) is 0. The van der Waals surface area contributed by atoms with Crippen LogP contribution in [0.15, 0.2) is 0 Å². The Bertz CT molecular complexity index is 177. The van der Waals surface area contributed by atoms with Crippen LogP contribution in [0.2, 0.25) is 0 Å². The van der Waals surface area contributed by atoms with Crippen molar-refractivity contribution in [2.75, 3.05) is 5.73 Å². The largest absolute Gasteiger partial charge is 0.370 e. The van der Waals surface area contributed by atoms with Gasteiger partial charge in [0.2, 0.25) is 5.91 Å². The molecule has 0 spiro atoms. The maximum atomic E-state index is 9.22. The van der Waals surface area contributed by atoms with Crippen molar-refractivity contribution in [1.82, 2.24) is 20.6 Å². The minimum atomic E-state index is -0.333. The number of H-pyrrole nitrogens is 1. The van der Waals surface area contributed by atoms with E-state index in [0.717, 1.165) is 0 Å². The summed E-state index contributed by atoms with van der Waals surface area (Å²) in [5, 5.41) is 12.0. The third-order valence-corrected chi connectivity index (χ3v) is 0.362. The first kappa shape index (κ1) is 8.34. The van der Waals surface area contributed by atoms with E-state index in [1.807, 2.05) is 0 Å². The highest BCUT2D eigenvalue weighted by molar-refractivity contribution is 5.70. The SMILES string of the molecule is CC(N)=O.Nc1nn[nH]n1. The Kier molecular flexibility index (Phi) is 3.54. The quantitative estimate of drug-likeness (QED) is 0.399. The van der Waals surface area contributed by atoms with Crippen molar-refractivity contribution < 1.29 is 4.79 Å². The molecule has 0 aliphatic heterocycles. The molecule has 0 atom stereocenters. The molecule has 0 saturated heterocycles. The number of nitrogens with one attached hydrogen (secondary N) is 1. The molecule has 5 N–H and O–H groups in total. The first-order valence-electron chi connectivity index (χ1n) is 2.38. The van der Waals surface area contributed by atoms with E-state index < -0.39 is 0 Å². The molecule has 0 unspecified atom stereocenters. The summed E-state index contributed by atoms with van der Waals surface area (Å²) in [6.07, 6.45) is 0. The van der Waals surface area contributed by atoms with Crippen LogP contribution >= 0.6 is 0 Å². The number of aromatic amines is 1. The van der Waals surface area contributed by atoms with E-state index in [1.165, 1.54) is 6.92 Å². The van der Waals surface area contributed by atoms with Crippen LogP contribution in [-0.2, 0) is 4.79 Å². The second kappa shape index (κ2) is 4.24. The van der Waals surface area contributed by atoms with Crippen LogP contribution in [0, 0.1) is 0 Å². The van der Waals surface area contributed by atoms with E-state index in [-0.39, 0.29) is 11.9 Å². The molecule has 7 heteroatoms. The fraction of sp³-hybridized carbons (Fsp3) is 0.333. The second-order valence-corrected chi connectivity index (χ2v) is 1.38. The Hall–Kier alpha value is -1.66. The molecule has 56 valence electrons. The summed E-state index contributed by atoms with van der Waals surface area (Å²) >= 11 is 0. The highest BCUT2D eigenvalue weighted by Gasteiger charge is 1.78. The van der Waals surface area contributed by atoms with Crippen LogP contribution < -0.4 is 11.5 Å². The fourth-order valence-electron chi connectivity index (χ4n) is 0.170. The normalized spacial score (nSPS) is 7.70. The van der Waals surface area contributed by atoms with E-state index in [9.17, 15) is 4.79 Å². The lowest BCUT2D eigenvalue weighted by atomic mass is 10.8. The van der Waals surface area contributed by atoms with Gasteiger partial charge in [-0.3, -0.25) is 4.79 Å². The lowest BCUT2D eigenvalue weighted by molar-refractivity contribution is -0.115. The van der Waals surface area contributed by atoms with E-state index in [1.54, 1.807) is 0 Å². The molecular formula is C3H8N6O. The number of nitrogens with two attached hydrogens (primary N) is 2. The minimum absolute atomic E-state index is 0.176. The highest BCUT2D eigenvalue weighted by Crippen LogP contribution is 1.72. The van der Waals surface area contributed by atoms with Gasteiger partial charge in [0.1, 0.15) is 0 Å². The topological polar surface area (TPSA) is 124 Å². The van der Waals surface area contributed by atoms with E-state index in [4.69, 9.17) is 5.73 Å². The van der Waals surface area contributed by atoms with Gasteiger partial charge in [0.05, 0.1) is 0 Å². The van der Waals surface area contributed by atoms with Crippen molar-refractivity contribution in [3.63, 3.8) is 0 Å². The van der Waals surface area contributed by atoms with Crippen molar-refractivity contribution in [3.05, 3.63) is 0 Å². The Labute approximate surface area is 56.8 Å². The van der Waals surface area contributed by atoms with Crippen molar-refractivity contribution in [2.24, 2.45) is 5.73 Å². The number of carbonyl (C=O) groups excluding carboxylic acids is 1. The molecule has 1 aromatic heterocycles. The Morgan fingerprint density at radius 1 is 1.70 bits per heavy atom. The fourth-order valence-corrected chi connectivity index (χ4v) is 0.170. The number of nitrogen functional groups attached to an aromatic ring is 1. The Morgan fingerprint density at radius 2 is 2.20 bits per heavy atom. The number of primary amides is 1. The number of aromatic nitrogens is 4. The first-order valence-corrected chi connectivity index (χ1v) is 2.38. The summed E-state index contributed by atoms with van der Waals surface area (Å²) in [6.45, 7) is 1.31. The first-order chi connectivity index (χ1) is 4.63. The molecule has 0 radical (unpaired) electrons. The molecule has 0 fully saturated rings. The molecular weight excluding hydrogens is 136 g/mol. The van der Waals surface area contributed by atoms with Gasteiger partial charge in [-0.1, -0.05) is 5.10 Å². The molecule has 0 saturated carbocycles. The number of hydrogen-bond donors (Lipinski definition) is 3. The third-order valence-electron chi connectivity index (χ3n) is 0.362. The molecule has 0 bridgehead atoms. The van der Waals surface area contributed by atoms with Gasteiger partial charge >= 0.3 is 0 Å². The molecule has 1 heterocycles. The summed E-state index contributed by atoms with van der Waals surface area (Å²) in [7, 11) is 0. The van der Waals surface area contributed by atoms with Crippen LogP contribution in [0.3, 0.4) is 0 Å². The van der Waals surface area contributed by atoms with Crippen LogP contribution in [0.1, 0.15) is 6.92 Å². The summed E-state index contributed by atoms with van der Waals surface area (Å²) < 4.78 is 0. The maximum Gasteiger partial charge on any atom is 0.260 e. The van der Waals surface area contributed by atoms with Crippen LogP contribution in [0.25, 0.3) is 0 Å². The van der Waals surface area contributed by atoms with E-state index >= 15 is 0 Å². The van der Waals surface area contributed by atoms with Gasteiger partial charge < -0.3 is 11.5 Å². The average molecular weight is 144 g/mol. The van der Waals surface area contributed by atoms with Gasteiger partial charge in [-0.05, 0) is 5.21 Å². The van der Waals surface area contributed by atoms with Gasteiger partial charge in [0.15, 0.2) is 0 Å². The average Bonchev–Trinajstić information content (AvgIpc) is 2.15.